The molecule has 0 amide bonds. The number of phenols is 2. The Labute approximate surface area is 126 Å². The summed E-state index contributed by atoms with van der Waals surface area (Å²) in [6.45, 7) is 0.433. The Kier molecular flexibility index (Phi) is 3.50. The van der Waals surface area contributed by atoms with E-state index in [0.29, 0.717) is 35.8 Å². The molecule has 0 aromatic heterocycles. The van der Waals surface area contributed by atoms with Crippen molar-refractivity contribution in [2.45, 2.75) is 12.8 Å². The Hall–Kier alpha value is -2.89. The fourth-order valence-electron chi connectivity index (χ4n) is 2.48. The van der Waals surface area contributed by atoms with E-state index >= 15 is 0 Å². The zero-order valence-corrected chi connectivity index (χ0v) is 11.7. The molecular formula is C16H15NO5. The van der Waals surface area contributed by atoms with E-state index in [1.807, 2.05) is 4.90 Å². The van der Waals surface area contributed by atoms with E-state index in [9.17, 15) is 15.0 Å². The molecule has 0 atom stereocenters. The zero-order chi connectivity index (χ0) is 15.7. The molecule has 1 aliphatic rings. The van der Waals surface area contributed by atoms with Crippen LogP contribution in [-0.4, -0.2) is 27.8 Å². The normalized spacial score (nSPS) is 12.3. The third kappa shape index (κ3) is 2.63. The first-order valence-corrected chi connectivity index (χ1v) is 6.88. The average Bonchev–Trinajstić information content (AvgIpc) is 2.47. The lowest BCUT2D eigenvalue weighted by Crippen LogP contribution is -2.23. The highest BCUT2D eigenvalue weighted by molar-refractivity contribution is 5.79. The zero-order valence-electron chi connectivity index (χ0n) is 11.7. The Morgan fingerprint density at radius 2 is 1.55 bits per heavy atom. The number of nitrogens with zero attached hydrogens (tertiary/aromatic N) is 1. The SMILES string of the molecule is O=C(O)CCCN1c2cc(O)ccc2Oc2ccc(O)cc21. The van der Waals surface area contributed by atoms with E-state index in [1.165, 1.54) is 12.1 Å². The van der Waals surface area contributed by atoms with Crippen molar-refractivity contribution in [1.29, 1.82) is 0 Å². The molecule has 114 valence electrons. The summed E-state index contributed by atoms with van der Waals surface area (Å²) in [6.07, 6.45) is 0.471. The molecule has 3 rings (SSSR count). The molecule has 1 heterocycles. The van der Waals surface area contributed by atoms with Crippen LogP contribution >= 0.6 is 0 Å². The molecule has 2 aromatic rings. The number of aliphatic carboxylic acids is 1. The van der Waals surface area contributed by atoms with E-state index in [2.05, 4.69) is 0 Å². The Morgan fingerprint density at radius 3 is 2.05 bits per heavy atom. The maximum Gasteiger partial charge on any atom is 0.303 e. The second-order valence-electron chi connectivity index (χ2n) is 5.06. The van der Waals surface area contributed by atoms with Crippen LogP contribution in [-0.2, 0) is 4.79 Å². The Balaban J connectivity index is 1.99. The summed E-state index contributed by atoms with van der Waals surface area (Å²) in [5, 5.41) is 28.2. The van der Waals surface area contributed by atoms with Gasteiger partial charge in [-0.05, 0) is 30.7 Å². The number of carboxylic acids is 1. The van der Waals surface area contributed by atoms with Gasteiger partial charge in [0.2, 0.25) is 0 Å². The van der Waals surface area contributed by atoms with Gasteiger partial charge in [0, 0.05) is 25.1 Å². The van der Waals surface area contributed by atoms with Crippen molar-refractivity contribution in [3.63, 3.8) is 0 Å². The van der Waals surface area contributed by atoms with E-state index in [-0.39, 0.29) is 17.9 Å². The largest absolute Gasteiger partial charge is 0.508 e. The van der Waals surface area contributed by atoms with E-state index in [0.717, 1.165) is 0 Å². The highest BCUT2D eigenvalue weighted by Gasteiger charge is 2.25. The van der Waals surface area contributed by atoms with Gasteiger partial charge in [0.1, 0.15) is 11.5 Å². The molecule has 0 radical (unpaired) electrons. The average molecular weight is 301 g/mol. The maximum absolute atomic E-state index is 10.7. The minimum absolute atomic E-state index is 0.0413. The number of rotatable bonds is 4. The van der Waals surface area contributed by atoms with Crippen molar-refractivity contribution in [1.82, 2.24) is 0 Å². The minimum Gasteiger partial charge on any atom is -0.508 e. The number of hydrogen-bond acceptors (Lipinski definition) is 5. The van der Waals surface area contributed by atoms with Gasteiger partial charge in [0.25, 0.3) is 0 Å². The molecule has 3 N–H and O–H groups in total. The summed E-state index contributed by atoms with van der Waals surface area (Å²) < 4.78 is 5.76. The molecule has 0 spiro atoms. The number of carbonyl (C=O) groups is 1. The second-order valence-corrected chi connectivity index (χ2v) is 5.06. The lowest BCUT2D eigenvalue weighted by molar-refractivity contribution is -0.137. The summed E-state index contributed by atoms with van der Waals surface area (Å²) in [4.78, 5) is 12.6. The fraction of sp³-hybridized carbons (Fsp3) is 0.188. The predicted molar refractivity (Wildman–Crippen MR) is 80.2 cm³/mol. The monoisotopic (exact) mass is 301 g/mol. The number of benzene rings is 2. The van der Waals surface area contributed by atoms with E-state index < -0.39 is 5.97 Å². The molecule has 6 heteroatoms. The fourth-order valence-corrected chi connectivity index (χ4v) is 2.48. The van der Waals surface area contributed by atoms with Crippen molar-refractivity contribution in [2.24, 2.45) is 0 Å². The second kappa shape index (κ2) is 5.48. The van der Waals surface area contributed by atoms with Gasteiger partial charge in [-0.1, -0.05) is 0 Å². The highest BCUT2D eigenvalue weighted by Crippen LogP contribution is 2.48. The van der Waals surface area contributed by atoms with Crippen LogP contribution in [0.3, 0.4) is 0 Å². The van der Waals surface area contributed by atoms with Crippen molar-refractivity contribution in [2.75, 3.05) is 11.4 Å². The highest BCUT2D eigenvalue weighted by atomic mass is 16.5. The summed E-state index contributed by atoms with van der Waals surface area (Å²) in [5.41, 5.74) is 1.28. The van der Waals surface area contributed by atoms with Crippen LogP contribution in [0.25, 0.3) is 0 Å². The van der Waals surface area contributed by atoms with Crippen LogP contribution in [0.15, 0.2) is 36.4 Å². The topological polar surface area (TPSA) is 90.2 Å². The van der Waals surface area contributed by atoms with Crippen LogP contribution in [0.2, 0.25) is 0 Å². The van der Waals surface area contributed by atoms with Gasteiger partial charge in [0.05, 0.1) is 11.4 Å². The quantitative estimate of drug-likeness (QED) is 0.803. The number of phenolic OH excluding ortho intramolecular Hbond substituents is 2. The van der Waals surface area contributed by atoms with Crippen molar-refractivity contribution in [3.8, 4) is 23.0 Å². The molecule has 2 aromatic carbocycles. The van der Waals surface area contributed by atoms with Gasteiger partial charge in [0.15, 0.2) is 11.5 Å². The van der Waals surface area contributed by atoms with Gasteiger partial charge in [-0.25, -0.2) is 0 Å². The predicted octanol–water partition coefficient (Wildman–Crippen LogP) is 3.21. The number of aromatic hydroxyl groups is 2. The first-order chi connectivity index (χ1) is 10.5. The lowest BCUT2D eigenvalue weighted by Gasteiger charge is -2.32. The summed E-state index contributed by atoms with van der Waals surface area (Å²) >= 11 is 0. The van der Waals surface area contributed by atoms with Crippen LogP contribution in [0.4, 0.5) is 11.4 Å². The van der Waals surface area contributed by atoms with Crippen molar-refractivity contribution < 1.29 is 24.9 Å². The van der Waals surface area contributed by atoms with E-state index in [1.54, 1.807) is 24.3 Å². The van der Waals surface area contributed by atoms with Gasteiger partial charge in [-0.15, -0.1) is 0 Å². The molecule has 0 unspecified atom stereocenters. The number of fused-ring (bicyclic) bond motifs is 2. The summed E-state index contributed by atoms with van der Waals surface area (Å²) in [5.74, 6) is 0.474. The Bertz CT molecular complexity index is 677. The standard InChI is InChI=1S/C16H15NO5/c18-10-3-5-14-12(8-10)17(7-1-2-16(20)21)13-9-11(19)4-6-15(13)22-14/h3-6,8-9,18-19H,1-2,7H2,(H,20,21). The molecular weight excluding hydrogens is 286 g/mol. The van der Waals surface area contributed by atoms with Gasteiger partial charge in [-0.3, -0.25) is 4.79 Å². The van der Waals surface area contributed by atoms with E-state index in [4.69, 9.17) is 9.84 Å². The lowest BCUT2D eigenvalue weighted by atomic mass is 10.1. The maximum atomic E-state index is 10.7. The molecule has 0 bridgehead atoms. The number of carboxylic acid groups (broad SMARTS) is 1. The van der Waals surface area contributed by atoms with Crippen LogP contribution in [0.5, 0.6) is 23.0 Å². The molecule has 0 saturated heterocycles. The molecule has 1 aliphatic heterocycles. The molecule has 6 nitrogen and oxygen atoms in total. The summed E-state index contributed by atoms with van der Waals surface area (Å²) in [7, 11) is 0. The van der Waals surface area contributed by atoms with Crippen LogP contribution in [0.1, 0.15) is 12.8 Å². The van der Waals surface area contributed by atoms with Crippen LogP contribution in [0, 0.1) is 0 Å². The molecule has 0 saturated carbocycles. The van der Waals surface area contributed by atoms with Crippen LogP contribution < -0.4 is 9.64 Å². The van der Waals surface area contributed by atoms with Gasteiger partial charge in [-0.2, -0.15) is 0 Å². The number of hydrogen-bond donors (Lipinski definition) is 3. The molecule has 22 heavy (non-hydrogen) atoms. The van der Waals surface area contributed by atoms with Crippen molar-refractivity contribution >= 4 is 17.3 Å². The Morgan fingerprint density at radius 1 is 1.00 bits per heavy atom. The number of ether oxygens (including phenoxy) is 1. The number of anilines is 2. The first kappa shape index (κ1) is 14.1. The smallest absolute Gasteiger partial charge is 0.303 e. The van der Waals surface area contributed by atoms with Crippen molar-refractivity contribution in [3.05, 3.63) is 36.4 Å². The third-order valence-corrected chi connectivity index (χ3v) is 3.46. The third-order valence-electron chi connectivity index (χ3n) is 3.46. The molecule has 0 fully saturated rings. The minimum atomic E-state index is -0.861. The van der Waals surface area contributed by atoms with Gasteiger partial charge < -0.3 is 25.0 Å². The first-order valence-electron chi connectivity index (χ1n) is 6.88. The molecule has 0 aliphatic carbocycles. The summed E-state index contributed by atoms with van der Waals surface area (Å²) in [6, 6.07) is 9.49. The van der Waals surface area contributed by atoms with Gasteiger partial charge >= 0.3 is 5.97 Å².